The maximum atomic E-state index is 14.2. The standard InChI is InChI=1S/C31H41Cl2N5O4/c1-2-36-13-15-37(16-14-36)11-6-12-38-27(29(40)34-22-7-4-3-5-8-22)31-10-9-24(42-31)25(26(31)30(38)41)28(39)35-23-18-20(32)17-21(33)19-23/h9-10,17-19,22,24-27H,2-8,11-16H2,1H3,(H,34,40)(H,35,39)/t24-,25-,26-,27+,31+/m1/s1. The Morgan fingerprint density at radius 2 is 1.67 bits per heavy atom. The van der Waals surface area contributed by atoms with Crippen LogP contribution in [0.1, 0.15) is 45.4 Å². The van der Waals surface area contributed by atoms with Crippen LogP contribution in [0.5, 0.6) is 0 Å². The van der Waals surface area contributed by atoms with Crippen molar-refractivity contribution in [3.05, 3.63) is 40.4 Å². The number of benzene rings is 1. The molecule has 4 aliphatic heterocycles. The van der Waals surface area contributed by atoms with Crippen molar-refractivity contribution in [2.24, 2.45) is 11.8 Å². The number of amides is 3. The van der Waals surface area contributed by atoms with Gasteiger partial charge in [0.2, 0.25) is 17.7 Å². The molecule has 0 aromatic heterocycles. The molecular formula is C31H41Cl2N5O4. The number of carbonyl (C=O) groups is 3. The first-order valence-electron chi connectivity index (χ1n) is 15.5. The van der Waals surface area contributed by atoms with E-state index in [1.54, 1.807) is 23.1 Å². The molecule has 4 heterocycles. The van der Waals surface area contributed by atoms with Gasteiger partial charge in [-0.3, -0.25) is 14.4 Å². The lowest BCUT2D eigenvalue weighted by atomic mass is 9.74. The predicted molar refractivity (Wildman–Crippen MR) is 163 cm³/mol. The third kappa shape index (κ3) is 5.71. The minimum absolute atomic E-state index is 0.0998. The number of ether oxygens (including phenoxy) is 1. The van der Waals surface area contributed by atoms with Gasteiger partial charge in [0, 0.05) is 54.5 Å². The van der Waals surface area contributed by atoms with Gasteiger partial charge in [-0.25, -0.2) is 0 Å². The SMILES string of the molecule is CCN1CCN(CCCN2C(=O)[C@H]3[C@H](C(=O)Nc4cc(Cl)cc(Cl)c4)[C@H]4C=C[C@@]3(O4)[C@@H]2C(=O)NC2CCCCC2)CC1. The zero-order valence-corrected chi connectivity index (χ0v) is 25.7. The van der Waals surface area contributed by atoms with Crippen LogP contribution >= 0.6 is 23.2 Å². The first-order valence-corrected chi connectivity index (χ1v) is 16.2. The second kappa shape index (κ2) is 12.4. The Morgan fingerprint density at radius 1 is 0.976 bits per heavy atom. The predicted octanol–water partition coefficient (Wildman–Crippen LogP) is 3.56. The van der Waals surface area contributed by atoms with Gasteiger partial charge in [0.25, 0.3) is 0 Å². The average Bonchev–Trinajstić information content (AvgIpc) is 3.61. The van der Waals surface area contributed by atoms with Crippen molar-refractivity contribution in [3.63, 3.8) is 0 Å². The van der Waals surface area contributed by atoms with Crippen LogP contribution in [-0.2, 0) is 19.1 Å². The van der Waals surface area contributed by atoms with Crippen LogP contribution in [0.3, 0.4) is 0 Å². The largest absolute Gasteiger partial charge is 0.359 e. The summed E-state index contributed by atoms with van der Waals surface area (Å²) in [5.41, 5.74) is -0.711. The van der Waals surface area contributed by atoms with Crippen LogP contribution in [0, 0.1) is 11.8 Å². The van der Waals surface area contributed by atoms with Crippen LogP contribution in [0.4, 0.5) is 5.69 Å². The molecule has 4 fully saturated rings. The third-order valence-electron chi connectivity index (χ3n) is 9.79. The summed E-state index contributed by atoms with van der Waals surface area (Å²) in [6.07, 6.45) is 9.12. The summed E-state index contributed by atoms with van der Waals surface area (Å²) in [6.45, 7) is 8.64. The number of hydrogen-bond donors (Lipinski definition) is 2. The highest BCUT2D eigenvalue weighted by Crippen LogP contribution is 2.55. The van der Waals surface area contributed by atoms with Crippen molar-refractivity contribution < 1.29 is 19.1 Å². The minimum atomic E-state index is -1.17. The van der Waals surface area contributed by atoms with Gasteiger partial charge in [0.15, 0.2) is 0 Å². The lowest BCUT2D eigenvalue weighted by molar-refractivity contribution is -0.141. The molecule has 42 heavy (non-hydrogen) atoms. The maximum Gasteiger partial charge on any atom is 0.246 e. The number of hydrogen-bond acceptors (Lipinski definition) is 6. The number of piperazine rings is 1. The molecular weight excluding hydrogens is 577 g/mol. The molecule has 11 heteroatoms. The Balaban J connectivity index is 1.21. The van der Waals surface area contributed by atoms with E-state index in [1.165, 1.54) is 6.42 Å². The maximum absolute atomic E-state index is 14.2. The summed E-state index contributed by atoms with van der Waals surface area (Å²) in [5.74, 6) is -2.26. The first kappa shape index (κ1) is 29.9. The summed E-state index contributed by atoms with van der Waals surface area (Å²) in [6, 6.07) is 4.12. The van der Waals surface area contributed by atoms with Crippen LogP contribution in [0.2, 0.25) is 10.0 Å². The molecule has 1 aliphatic carbocycles. The number of nitrogens with one attached hydrogen (secondary N) is 2. The fourth-order valence-corrected chi connectivity index (χ4v) is 8.21. The molecule has 5 atom stereocenters. The van der Waals surface area contributed by atoms with E-state index in [4.69, 9.17) is 27.9 Å². The lowest BCUT2D eigenvalue weighted by Crippen LogP contribution is -2.56. The molecule has 1 saturated carbocycles. The van der Waals surface area contributed by atoms with E-state index in [2.05, 4.69) is 27.4 Å². The third-order valence-corrected chi connectivity index (χ3v) is 10.2. The molecule has 1 spiro atoms. The Labute approximate surface area is 257 Å². The highest BCUT2D eigenvalue weighted by molar-refractivity contribution is 6.35. The number of carbonyl (C=O) groups excluding carboxylic acids is 3. The zero-order chi connectivity index (χ0) is 29.4. The van der Waals surface area contributed by atoms with Crippen molar-refractivity contribution in [3.8, 4) is 0 Å². The van der Waals surface area contributed by atoms with Crippen LogP contribution in [0.15, 0.2) is 30.4 Å². The van der Waals surface area contributed by atoms with Crippen molar-refractivity contribution >= 4 is 46.6 Å². The highest BCUT2D eigenvalue weighted by Gasteiger charge is 2.72. The monoisotopic (exact) mass is 617 g/mol. The molecule has 3 amide bonds. The van der Waals surface area contributed by atoms with Gasteiger partial charge in [0.05, 0.1) is 17.9 Å². The molecule has 2 N–H and O–H groups in total. The normalized spacial score (nSPS) is 31.5. The van der Waals surface area contributed by atoms with Gasteiger partial charge in [-0.05, 0) is 50.6 Å². The van der Waals surface area contributed by atoms with Crippen molar-refractivity contribution in [1.29, 1.82) is 0 Å². The number of likely N-dealkylation sites (N-methyl/N-ethyl adjacent to an activating group) is 1. The second-order valence-corrected chi connectivity index (χ2v) is 13.2. The van der Waals surface area contributed by atoms with E-state index >= 15 is 0 Å². The highest BCUT2D eigenvalue weighted by atomic mass is 35.5. The van der Waals surface area contributed by atoms with Gasteiger partial charge in [-0.1, -0.05) is 61.5 Å². The Bertz CT molecular complexity index is 1210. The van der Waals surface area contributed by atoms with Crippen molar-refractivity contribution in [2.75, 3.05) is 51.1 Å². The van der Waals surface area contributed by atoms with Crippen molar-refractivity contribution in [2.45, 2.75) is 69.2 Å². The van der Waals surface area contributed by atoms with Gasteiger partial charge in [-0.2, -0.15) is 0 Å². The number of halogens is 2. The molecule has 3 saturated heterocycles. The van der Waals surface area contributed by atoms with Crippen LogP contribution in [-0.4, -0.2) is 102 Å². The fourth-order valence-electron chi connectivity index (χ4n) is 7.68. The van der Waals surface area contributed by atoms with E-state index < -0.39 is 29.6 Å². The number of likely N-dealkylation sites (tertiary alicyclic amines) is 1. The first-order chi connectivity index (χ1) is 20.3. The van der Waals surface area contributed by atoms with Gasteiger partial charge >= 0.3 is 0 Å². The second-order valence-electron chi connectivity index (χ2n) is 12.4. The summed E-state index contributed by atoms with van der Waals surface area (Å²) in [5, 5.41) is 6.95. The van der Waals surface area contributed by atoms with Gasteiger partial charge in [-0.15, -0.1) is 0 Å². The molecule has 1 aromatic rings. The fraction of sp³-hybridized carbons (Fsp3) is 0.645. The molecule has 228 valence electrons. The van der Waals surface area contributed by atoms with E-state index in [9.17, 15) is 14.4 Å². The smallest absolute Gasteiger partial charge is 0.246 e. The van der Waals surface area contributed by atoms with Gasteiger partial charge < -0.3 is 30.1 Å². The summed E-state index contributed by atoms with van der Waals surface area (Å²) in [7, 11) is 0. The van der Waals surface area contributed by atoms with E-state index in [1.807, 2.05) is 12.2 Å². The average molecular weight is 619 g/mol. The zero-order valence-electron chi connectivity index (χ0n) is 24.2. The van der Waals surface area contributed by atoms with E-state index in [-0.39, 0.29) is 23.8 Å². The topological polar surface area (TPSA) is 94.2 Å². The molecule has 1 aromatic carbocycles. The number of fused-ring (bicyclic) bond motifs is 1. The molecule has 9 nitrogen and oxygen atoms in total. The molecule has 6 rings (SSSR count). The number of rotatable bonds is 9. The summed E-state index contributed by atoms with van der Waals surface area (Å²) >= 11 is 12.3. The van der Waals surface area contributed by atoms with Gasteiger partial charge in [0.1, 0.15) is 11.6 Å². The van der Waals surface area contributed by atoms with E-state index in [0.29, 0.717) is 22.3 Å². The summed E-state index contributed by atoms with van der Waals surface area (Å²) < 4.78 is 6.48. The van der Waals surface area contributed by atoms with Crippen molar-refractivity contribution in [1.82, 2.24) is 20.0 Å². The lowest BCUT2D eigenvalue weighted by Gasteiger charge is -2.36. The molecule has 2 bridgehead atoms. The quantitative estimate of drug-likeness (QED) is 0.412. The molecule has 0 unspecified atom stereocenters. The molecule has 0 radical (unpaired) electrons. The molecule has 5 aliphatic rings. The number of anilines is 1. The van der Waals surface area contributed by atoms with E-state index in [0.717, 1.165) is 71.4 Å². The Hall–Kier alpha value is -2.17. The Morgan fingerprint density at radius 3 is 2.36 bits per heavy atom. The Kier molecular flexibility index (Phi) is 8.85. The minimum Gasteiger partial charge on any atom is -0.359 e. The van der Waals surface area contributed by atoms with Crippen LogP contribution in [0.25, 0.3) is 0 Å². The van der Waals surface area contributed by atoms with Crippen LogP contribution < -0.4 is 10.6 Å². The summed E-state index contributed by atoms with van der Waals surface area (Å²) in [4.78, 5) is 48.5. The number of nitrogens with zero attached hydrogens (tertiary/aromatic N) is 3.